The van der Waals surface area contributed by atoms with E-state index in [2.05, 4.69) is 6.92 Å². The first-order valence-corrected chi connectivity index (χ1v) is 6.08. The number of phenols is 1. The molecular formula is C14H20O3. The third-order valence-corrected chi connectivity index (χ3v) is 2.79. The molecule has 1 atom stereocenters. The van der Waals surface area contributed by atoms with Crippen molar-refractivity contribution < 1.29 is 14.6 Å². The van der Waals surface area contributed by atoms with Crippen LogP contribution >= 0.6 is 0 Å². The summed E-state index contributed by atoms with van der Waals surface area (Å²) in [5.74, 6) is 0.558. The highest BCUT2D eigenvalue weighted by atomic mass is 16.5. The Morgan fingerprint density at radius 3 is 2.59 bits per heavy atom. The van der Waals surface area contributed by atoms with Crippen LogP contribution in [-0.2, 0) is 9.53 Å². The van der Waals surface area contributed by atoms with E-state index in [0.29, 0.717) is 18.9 Å². The zero-order chi connectivity index (χ0) is 12.7. The van der Waals surface area contributed by atoms with Crippen LogP contribution in [0.3, 0.4) is 0 Å². The second-order valence-electron chi connectivity index (χ2n) is 4.19. The molecule has 0 aliphatic heterocycles. The standard InChI is InChI=1S/C14H20O3/c1-3-17-14(16)6-4-5-11(2)12-7-9-13(15)10-8-12/h7-11,15H,3-6H2,1-2H3. The predicted octanol–water partition coefficient (Wildman–Crippen LogP) is 3.23. The molecule has 0 amide bonds. The summed E-state index contributed by atoms with van der Waals surface area (Å²) < 4.78 is 4.87. The first kappa shape index (κ1) is 13.6. The van der Waals surface area contributed by atoms with Crippen LogP contribution in [0, 0.1) is 0 Å². The van der Waals surface area contributed by atoms with E-state index in [1.807, 2.05) is 19.1 Å². The SMILES string of the molecule is CCOC(=O)CCCC(C)c1ccc(O)cc1. The number of rotatable bonds is 6. The number of hydrogen-bond acceptors (Lipinski definition) is 3. The fraction of sp³-hybridized carbons (Fsp3) is 0.500. The molecular weight excluding hydrogens is 216 g/mol. The fourth-order valence-corrected chi connectivity index (χ4v) is 1.76. The molecule has 0 saturated heterocycles. The molecule has 0 heterocycles. The normalized spacial score (nSPS) is 12.1. The van der Waals surface area contributed by atoms with E-state index >= 15 is 0 Å². The maximum atomic E-state index is 11.2. The highest BCUT2D eigenvalue weighted by molar-refractivity contribution is 5.69. The van der Waals surface area contributed by atoms with E-state index in [0.717, 1.165) is 12.8 Å². The van der Waals surface area contributed by atoms with Gasteiger partial charge in [-0.1, -0.05) is 19.1 Å². The van der Waals surface area contributed by atoms with Gasteiger partial charge in [0.1, 0.15) is 5.75 Å². The molecule has 0 aromatic heterocycles. The summed E-state index contributed by atoms with van der Waals surface area (Å²) in [5.41, 5.74) is 1.19. The van der Waals surface area contributed by atoms with E-state index in [1.165, 1.54) is 5.56 Å². The van der Waals surface area contributed by atoms with Crippen molar-refractivity contribution in [3.8, 4) is 5.75 Å². The molecule has 0 fully saturated rings. The van der Waals surface area contributed by atoms with Gasteiger partial charge in [-0.3, -0.25) is 4.79 Å². The van der Waals surface area contributed by atoms with Gasteiger partial charge in [0.05, 0.1) is 6.61 Å². The number of phenolic OH excluding ortho intramolecular Hbond substituents is 1. The van der Waals surface area contributed by atoms with Crippen LogP contribution in [0.2, 0.25) is 0 Å². The second-order valence-corrected chi connectivity index (χ2v) is 4.19. The van der Waals surface area contributed by atoms with Gasteiger partial charge in [-0.25, -0.2) is 0 Å². The van der Waals surface area contributed by atoms with E-state index in [9.17, 15) is 9.90 Å². The lowest BCUT2D eigenvalue weighted by Crippen LogP contribution is -2.04. The van der Waals surface area contributed by atoms with E-state index in [-0.39, 0.29) is 11.7 Å². The quantitative estimate of drug-likeness (QED) is 0.771. The van der Waals surface area contributed by atoms with Crippen LogP contribution in [0.4, 0.5) is 0 Å². The molecule has 0 radical (unpaired) electrons. The summed E-state index contributed by atoms with van der Waals surface area (Å²) in [6.45, 7) is 4.39. The van der Waals surface area contributed by atoms with Gasteiger partial charge in [0.15, 0.2) is 0 Å². The van der Waals surface area contributed by atoms with Gasteiger partial charge in [-0.15, -0.1) is 0 Å². The number of hydrogen-bond donors (Lipinski definition) is 1. The number of esters is 1. The van der Waals surface area contributed by atoms with Gasteiger partial charge >= 0.3 is 5.97 Å². The maximum Gasteiger partial charge on any atom is 0.305 e. The number of carbonyl (C=O) groups excluding carboxylic acids is 1. The molecule has 0 saturated carbocycles. The molecule has 94 valence electrons. The van der Waals surface area contributed by atoms with Crippen molar-refractivity contribution in [1.82, 2.24) is 0 Å². The lowest BCUT2D eigenvalue weighted by atomic mass is 9.95. The van der Waals surface area contributed by atoms with Crippen LogP contribution in [0.5, 0.6) is 5.75 Å². The Hall–Kier alpha value is -1.51. The molecule has 0 aliphatic carbocycles. The van der Waals surface area contributed by atoms with Gasteiger partial charge < -0.3 is 9.84 Å². The van der Waals surface area contributed by atoms with Gasteiger partial charge in [0.2, 0.25) is 0 Å². The van der Waals surface area contributed by atoms with Gasteiger partial charge in [-0.2, -0.15) is 0 Å². The highest BCUT2D eigenvalue weighted by Crippen LogP contribution is 2.23. The smallest absolute Gasteiger partial charge is 0.305 e. The zero-order valence-corrected chi connectivity index (χ0v) is 10.5. The monoisotopic (exact) mass is 236 g/mol. The molecule has 17 heavy (non-hydrogen) atoms. The van der Waals surface area contributed by atoms with E-state index in [1.54, 1.807) is 12.1 Å². The van der Waals surface area contributed by atoms with Crippen molar-refractivity contribution in [1.29, 1.82) is 0 Å². The van der Waals surface area contributed by atoms with Crippen molar-refractivity contribution in [2.24, 2.45) is 0 Å². The van der Waals surface area contributed by atoms with Crippen molar-refractivity contribution >= 4 is 5.97 Å². The lowest BCUT2D eigenvalue weighted by Gasteiger charge is -2.11. The van der Waals surface area contributed by atoms with Gasteiger partial charge in [0.25, 0.3) is 0 Å². The summed E-state index contributed by atoms with van der Waals surface area (Å²) in [7, 11) is 0. The second kappa shape index (κ2) is 6.94. The van der Waals surface area contributed by atoms with Gasteiger partial charge in [-0.05, 0) is 43.4 Å². The summed E-state index contributed by atoms with van der Waals surface area (Å²) in [5, 5.41) is 9.19. The first-order chi connectivity index (χ1) is 8.13. The van der Waals surface area contributed by atoms with E-state index < -0.39 is 0 Å². The maximum absolute atomic E-state index is 11.2. The predicted molar refractivity (Wildman–Crippen MR) is 67.0 cm³/mol. The van der Waals surface area contributed by atoms with Crippen molar-refractivity contribution in [2.75, 3.05) is 6.61 Å². The topological polar surface area (TPSA) is 46.5 Å². The minimum absolute atomic E-state index is 0.120. The summed E-state index contributed by atoms with van der Waals surface area (Å²) in [6, 6.07) is 7.23. The molecule has 1 rings (SSSR count). The largest absolute Gasteiger partial charge is 0.508 e. The zero-order valence-electron chi connectivity index (χ0n) is 10.5. The Labute approximate surface area is 102 Å². The van der Waals surface area contributed by atoms with Crippen LogP contribution in [0.1, 0.15) is 44.6 Å². The Morgan fingerprint density at radius 2 is 2.00 bits per heavy atom. The average molecular weight is 236 g/mol. The summed E-state index contributed by atoms with van der Waals surface area (Å²) in [6.07, 6.45) is 2.26. The number of benzene rings is 1. The van der Waals surface area contributed by atoms with Crippen molar-refractivity contribution in [2.45, 2.75) is 39.0 Å². The van der Waals surface area contributed by atoms with Crippen LogP contribution in [0.25, 0.3) is 0 Å². The van der Waals surface area contributed by atoms with Crippen LogP contribution in [-0.4, -0.2) is 17.7 Å². The Bertz CT molecular complexity index is 343. The summed E-state index contributed by atoms with van der Waals surface area (Å²) >= 11 is 0. The average Bonchev–Trinajstić information content (AvgIpc) is 2.30. The van der Waals surface area contributed by atoms with Crippen molar-refractivity contribution in [3.05, 3.63) is 29.8 Å². The Kier molecular flexibility index (Phi) is 5.53. The molecule has 1 aromatic carbocycles. The van der Waals surface area contributed by atoms with Gasteiger partial charge in [0, 0.05) is 6.42 Å². The number of ether oxygens (including phenoxy) is 1. The molecule has 1 unspecified atom stereocenters. The lowest BCUT2D eigenvalue weighted by molar-refractivity contribution is -0.143. The third kappa shape index (κ3) is 4.89. The minimum atomic E-state index is -0.120. The number of aromatic hydroxyl groups is 1. The van der Waals surface area contributed by atoms with Crippen LogP contribution < -0.4 is 0 Å². The fourth-order valence-electron chi connectivity index (χ4n) is 1.76. The molecule has 0 bridgehead atoms. The molecule has 0 aliphatic rings. The van der Waals surface area contributed by atoms with Crippen molar-refractivity contribution in [3.63, 3.8) is 0 Å². The molecule has 0 spiro atoms. The third-order valence-electron chi connectivity index (χ3n) is 2.79. The Morgan fingerprint density at radius 1 is 1.35 bits per heavy atom. The van der Waals surface area contributed by atoms with Crippen LogP contribution in [0.15, 0.2) is 24.3 Å². The molecule has 1 N–H and O–H groups in total. The first-order valence-electron chi connectivity index (χ1n) is 6.08. The Balaban J connectivity index is 2.32. The molecule has 3 nitrogen and oxygen atoms in total. The molecule has 3 heteroatoms. The van der Waals surface area contributed by atoms with E-state index in [4.69, 9.17) is 4.74 Å². The number of carbonyl (C=O) groups is 1. The molecule has 1 aromatic rings. The highest BCUT2D eigenvalue weighted by Gasteiger charge is 2.07. The summed E-state index contributed by atoms with van der Waals surface area (Å²) in [4.78, 5) is 11.2. The minimum Gasteiger partial charge on any atom is -0.508 e.